The molecule has 0 saturated carbocycles. The van der Waals surface area contributed by atoms with Gasteiger partial charge in [-0.1, -0.05) is 35.9 Å². The SMILES string of the molecule is Nc1nc(N)c(CNC2CCC[N+](CCCc3ccc(OCC(=O)O)cc3)(CCCc3ccc(OCC(=O)O)cc3)C2)nc1Cl.[Cl-]. The molecule has 1 fully saturated rings. The standard InChI is InChI=1S/C32H41ClN6O6.ClH/c33-30-32(35)38-31(34)27(37-30)18-36-24-6-3-17-39(19-24,15-1-4-22-7-11-25(12-8-22)44-20-28(40)41)16-2-5-23-9-13-26(14-10-23)45-21-29(42)43;/h7-14,24,36H,1-6,15-21H2,(H5-,34,35,38,40,41,42,43);1H. The second kappa shape index (κ2) is 17.7. The lowest BCUT2D eigenvalue weighted by Crippen LogP contribution is -3.00. The minimum Gasteiger partial charge on any atom is -1.00 e. The Labute approximate surface area is 280 Å². The summed E-state index contributed by atoms with van der Waals surface area (Å²) in [6.07, 6.45) is 5.96. The van der Waals surface area contributed by atoms with E-state index in [1.54, 1.807) is 0 Å². The van der Waals surface area contributed by atoms with Gasteiger partial charge in [0.1, 0.15) is 17.3 Å². The average Bonchev–Trinajstić information content (AvgIpc) is 3.01. The molecular formula is C32H42Cl2N6O6. The van der Waals surface area contributed by atoms with Crippen LogP contribution in [0.5, 0.6) is 11.5 Å². The topological polar surface area (TPSA) is 183 Å². The summed E-state index contributed by atoms with van der Waals surface area (Å²) in [6, 6.07) is 15.5. The molecule has 4 rings (SSSR count). The Morgan fingerprint density at radius 1 is 0.870 bits per heavy atom. The van der Waals surface area contributed by atoms with E-state index in [1.807, 2.05) is 48.5 Å². The van der Waals surface area contributed by atoms with Crippen LogP contribution < -0.4 is 38.7 Å². The highest BCUT2D eigenvalue weighted by molar-refractivity contribution is 6.31. The Bertz CT molecular complexity index is 1360. The number of nitrogens with two attached hydrogens (primary N) is 2. The van der Waals surface area contributed by atoms with E-state index in [1.165, 1.54) is 11.1 Å². The van der Waals surface area contributed by atoms with Crippen LogP contribution in [-0.2, 0) is 29.0 Å². The lowest BCUT2D eigenvalue weighted by atomic mass is 9.99. The summed E-state index contributed by atoms with van der Waals surface area (Å²) >= 11 is 6.10. The van der Waals surface area contributed by atoms with Crippen LogP contribution in [0, 0.1) is 0 Å². The molecule has 250 valence electrons. The van der Waals surface area contributed by atoms with Gasteiger partial charge in [-0.3, -0.25) is 0 Å². The van der Waals surface area contributed by atoms with Gasteiger partial charge in [-0.2, -0.15) is 0 Å². The first-order valence-corrected chi connectivity index (χ1v) is 15.5. The first-order valence-electron chi connectivity index (χ1n) is 15.1. The van der Waals surface area contributed by atoms with Crippen LogP contribution in [-0.4, -0.2) is 82.0 Å². The number of aromatic nitrogens is 2. The monoisotopic (exact) mass is 676 g/mol. The second-order valence-corrected chi connectivity index (χ2v) is 11.9. The number of ether oxygens (including phenoxy) is 2. The average molecular weight is 678 g/mol. The molecule has 0 amide bonds. The Balaban J connectivity index is 0.00000576. The molecule has 1 unspecified atom stereocenters. The van der Waals surface area contributed by atoms with Crippen molar-refractivity contribution in [2.75, 3.05) is 50.9 Å². The molecule has 7 N–H and O–H groups in total. The van der Waals surface area contributed by atoms with Crippen molar-refractivity contribution in [2.45, 2.75) is 51.1 Å². The maximum atomic E-state index is 10.8. The number of likely N-dealkylation sites (tertiary alicyclic amines) is 1. The van der Waals surface area contributed by atoms with Crippen LogP contribution >= 0.6 is 11.6 Å². The molecule has 1 aliphatic rings. The highest BCUT2D eigenvalue weighted by Gasteiger charge is 2.34. The summed E-state index contributed by atoms with van der Waals surface area (Å²) in [5.74, 6) is -0.515. The number of aliphatic carboxylic acids is 2. The quantitative estimate of drug-likeness (QED) is 0.126. The van der Waals surface area contributed by atoms with Crippen molar-refractivity contribution < 1.29 is 46.2 Å². The number of benzene rings is 2. The predicted octanol–water partition coefficient (Wildman–Crippen LogP) is 0.560. The van der Waals surface area contributed by atoms with Crippen LogP contribution in [0.3, 0.4) is 0 Å². The van der Waals surface area contributed by atoms with Gasteiger partial charge in [-0.15, -0.1) is 0 Å². The van der Waals surface area contributed by atoms with Gasteiger partial charge < -0.3 is 53.4 Å². The number of piperidine rings is 1. The van der Waals surface area contributed by atoms with E-state index in [0.717, 1.165) is 69.2 Å². The summed E-state index contributed by atoms with van der Waals surface area (Å²) in [5.41, 5.74) is 14.7. The lowest BCUT2D eigenvalue weighted by Gasteiger charge is -2.45. The Morgan fingerprint density at radius 3 is 1.89 bits per heavy atom. The van der Waals surface area contributed by atoms with Crippen LogP contribution in [0.15, 0.2) is 48.5 Å². The van der Waals surface area contributed by atoms with E-state index in [0.29, 0.717) is 23.7 Å². The van der Waals surface area contributed by atoms with Crippen molar-refractivity contribution in [3.8, 4) is 11.5 Å². The fourth-order valence-electron chi connectivity index (χ4n) is 5.88. The lowest BCUT2D eigenvalue weighted by molar-refractivity contribution is -0.933. The van der Waals surface area contributed by atoms with E-state index in [-0.39, 0.29) is 48.5 Å². The number of anilines is 2. The number of aryl methyl sites for hydroxylation is 2. The van der Waals surface area contributed by atoms with Gasteiger partial charge in [0.25, 0.3) is 0 Å². The first-order chi connectivity index (χ1) is 21.6. The van der Waals surface area contributed by atoms with E-state index in [2.05, 4.69) is 15.3 Å². The number of carboxylic acids is 2. The zero-order valence-electron chi connectivity index (χ0n) is 25.7. The van der Waals surface area contributed by atoms with Crippen molar-refractivity contribution in [2.24, 2.45) is 0 Å². The zero-order valence-corrected chi connectivity index (χ0v) is 27.2. The molecular weight excluding hydrogens is 635 g/mol. The van der Waals surface area contributed by atoms with E-state index in [4.69, 9.17) is 42.8 Å². The number of nitrogens with zero attached hydrogens (tertiary/aromatic N) is 3. The molecule has 1 saturated heterocycles. The molecule has 46 heavy (non-hydrogen) atoms. The van der Waals surface area contributed by atoms with Crippen LogP contribution in [0.2, 0.25) is 5.15 Å². The number of carboxylic acid groups (broad SMARTS) is 2. The van der Waals surface area contributed by atoms with Crippen molar-refractivity contribution in [3.63, 3.8) is 0 Å². The fraction of sp³-hybridized carbons (Fsp3) is 0.438. The Kier molecular flexibility index (Phi) is 14.1. The number of hydrogen-bond donors (Lipinski definition) is 5. The summed E-state index contributed by atoms with van der Waals surface area (Å²) < 4.78 is 11.5. The second-order valence-electron chi connectivity index (χ2n) is 11.5. The molecule has 3 aromatic rings. The molecule has 0 aliphatic carbocycles. The van der Waals surface area contributed by atoms with Gasteiger partial charge in [0.05, 0.1) is 37.9 Å². The normalized spacial score (nSPS) is 15.5. The third kappa shape index (κ3) is 11.5. The smallest absolute Gasteiger partial charge is 0.341 e. The summed E-state index contributed by atoms with van der Waals surface area (Å²) in [5, 5.41) is 21.5. The Hall–Kier alpha value is -3.84. The highest BCUT2D eigenvalue weighted by atomic mass is 35.5. The summed E-state index contributed by atoms with van der Waals surface area (Å²) in [7, 11) is 0. The number of carbonyl (C=O) groups is 2. The van der Waals surface area contributed by atoms with E-state index >= 15 is 0 Å². The molecule has 0 radical (unpaired) electrons. The van der Waals surface area contributed by atoms with Gasteiger partial charge in [-0.25, -0.2) is 19.6 Å². The van der Waals surface area contributed by atoms with Gasteiger partial charge >= 0.3 is 11.9 Å². The van der Waals surface area contributed by atoms with E-state index in [9.17, 15) is 9.59 Å². The molecule has 14 heteroatoms. The maximum absolute atomic E-state index is 10.8. The maximum Gasteiger partial charge on any atom is 0.341 e. The molecule has 0 spiro atoms. The largest absolute Gasteiger partial charge is 1.00 e. The number of hydrogen-bond acceptors (Lipinski definition) is 9. The molecule has 1 atom stereocenters. The van der Waals surface area contributed by atoms with Crippen LogP contribution in [0.4, 0.5) is 11.6 Å². The predicted molar refractivity (Wildman–Crippen MR) is 171 cm³/mol. The minimum absolute atomic E-state index is 0. The number of nitrogen functional groups attached to an aromatic ring is 2. The number of quaternary nitrogens is 1. The number of halogens is 2. The number of rotatable bonds is 17. The molecule has 2 aromatic carbocycles. The number of nitrogens with one attached hydrogen (secondary N) is 1. The van der Waals surface area contributed by atoms with E-state index < -0.39 is 11.9 Å². The van der Waals surface area contributed by atoms with Gasteiger partial charge in [0.2, 0.25) is 0 Å². The van der Waals surface area contributed by atoms with Crippen molar-refractivity contribution in [1.29, 1.82) is 0 Å². The molecule has 1 aliphatic heterocycles. The summed E-state index contributed by atoms with van der Waals surface area (Å²) in [6.45, 7) is 3.84. The Morgan fingerprint density at radius 2 is 1.39 bits per heavy atom. The highest BCUT2D eigenvalue weighted by Crippen LogP contribution is 2.24. The minimum atomic E-state index is -1.00. The van der Waals surface area contributed by atoms with Crippen LogP contribution in [0.25, 0.3) is 0 Å². The summed E-state index contributed by atoms with van der Waals surface area (Å²) in [4.78, 5) is 30.0. The third-order valence-electron chi connectivity index (χ3n) is 8.10. The molecule has 0 bridgehead atoms. The fourth-order valence-corrected chi connectivity index (χ4v) is 6.03. The molecule has 2 heterocycles. The zero-order chi connectivity index (χ0) is 32.2. The van der Waals surface area contributed by atoms with Gasteiger partial charge in [0.15, 0.2) is 24.2 Å². The first kappa shape index (κ1) is 36.6. The van der Waals surface area contributed by atoms with Crippen molar-refractivity contribution >= 4 is 35.2 Å². The third-order valence-corrected chi connectivity index (χ3v) is 8.38. The van der Waals surface area contributed by atoms with Crippen molar-refractivity contribution in [1.82, 2.24) is 15.3 Å². The van der Waals surface area contributed by atoms with Crippen molar-refractivity contribution in [3.05, 3.63) is 70.5 Å². The van der Waals surface area contributed by atoms with Gasteiger partial charge in [-0.05, 0) is 61.1 Å². The van der Waals surface area contributed by atoms with Gasteiger partial charge in [0, 0.05) is 19.4 Å². The molecule has 12 nitrogen and oxygen atoms in total. The molecule has 1 aromatic heterocycles. The van der Waals surface area contributed by atoms with Crippen LogP contribution in [0.1, 0.15) is 42.5 Å².